The second-order valence-corrected chi connectivity index (χ2v) is 4.55. The van der Waals surface area contributed by atoms with E-state index in [4.69, 9.17) is 21.4 Å². The molecule has 0 atom stereocenters. The number of aliphatic hydroxyl groups excluding tert-OH is 1. The van der Waals surface area contributed by atoms with Gasteiger partial charge in [-0.2, -0.15) is 0 Å². The summed E-state index contributed by atoms with van der Waals surface area (Å²) in [5.41, 5.74) is 0.600. The number of carbonyl (C=O) groups is 1. The van der Waals surface area contributed by atoms with Gasteiger partial charge in [-0.25, -0.2) is 0 Å². The molecule has 0 aromatic heterocycles. The van der Waals surface area contributed by atoms with E-state index in [1.807, 2.05) is 0 Å². The van der Waals surface area contributed by atoms with Crippen molar-refractivity contribution < 1.29 is 14.6 Å². The molecule has 0 saturated carbocycles. The van der Waals surface area contributed by atoms with Crippen molar-refractivity contribution in [3.05, 3.63) is 35.9 Å². The Morgan fingerprint density at radius 1 is 1.60 bits per heavy atom. The number of hydrogen-bond acceptors (Lipinski definition) is 4. The number of methoxy groups -OCH3 is 1. The van der Waals surface area contributed by atoms with Gasteiger partial charge in [0.15, 0.2) is 0 Å². The van der Waals surface area contributed by atoms with Crippen molar-refractivity contribution in [1.82, 2.24) is 4.90 Å². The Balaban J connectivity index is 2.60. The van der Waals surface area contributed by atoms with Crippen LogP contribution in [0.25, 0.3) is 0 Å². The fourth-order valence-corrected chi connectivity index (χ4v) is 1.96. The van der Waals surface area contributed by atoms with Gasteiger partial charge in [0.25, 0.3) is 0 Å². The molecule has 0 fully saturated rings. The predicted octanol–water partition coefficient (Wildman–Crippen LogP) is 1.77. The maximum absolute atomic E-state index is 11.9. The van der Waals surface area contributed by atoms with Crippen LogP contribution in [0.5, 0.6) is 5.75 Å². The first kappa shape index (κ1) is 16.5. The van der Waals surface area contributed by atoms with Gasteiger partial charge in [-0.3, -0.25) is 9.69 Å². The van der Waals surface area contributed by atoms with E-state index in [2.05, 4.69) is 11.9 Å². The Hall–Kier alpha value is -1.56. The maximum Gasteiger partial charge on any atom is 0.238 e. The molecule has 110 valence electrons. The number of halogens is 1. The number of nitrogens with zero attached hydrogens (tertiary/aromatic N) is 1. The smallest absolute Gasteiger partial charge is 0.238 e. The van der Waals surface area contributed by atoms with Gasteiger partial charge in [0.2, 0.25) is 5.91 Å². The fraction of sp³-hybridized carbons (Fsp3) is 0.357. The SMILES string of the molecule is C=CCN(CCO)CC(=O)Nc1ccc(OC)c(Cl)c1. The summed E-state index contributed by atoms with van der Waals surface area (Å²) in [5.74, 6) is 0.375. The molecule has 5 nitrogen and oxygen atoms in total. The quantitative estimate of drug-likeness (QED) is 0.718. The zero-order chi connectivity index (χ0) is 15.0. The number of nitrogens with one attached hydrogen (secondary N) is 1. The number of rotatable bonds is 8. The van der Waals surface area contributed by atoms with E-state index in [0.717, 1.165) is 0 Å². The molecule has 0 aliphatic rings. The molecule has 0 aliphatic heterocycles. The third-order valence-electron chi connectivity index (χ3n) is 2.61. The van der Waals surface area contributed by atoms with E-state index in [0.29, 0.717) is 29.5 Å². The Labute approximate surface area is 123 Å². The van der Waals surface area contributed by atoms with E-state index < -0.39 is 0 Å². The van der Waals surface area contributed by atoms with Gasteiger partial charge in [0.1, 0.15) is 5.75 Å². The molecular formula is C14H19ClN2O3. The Kier molecular flexibility index (Phi) is 7.08. The summed E-state index contributed by atoms with van der Waals surface area (Å²) in [4.78, 5) is 13.7. The molecular weight excluding hydrogens is 280 g/mol. The van der Waals surface area contributed by atoms with E-state index in [1.54, 1.807) is 29.2 Å². The summed E-state index contributed by atoms with van der Waals surface area (Å²) in [6.07, 6.45) is 1.69. The Morgan fingerprint density at radius 3 is 2.90 bits per heavy atom. The highest BCUT2D eigenvalue weighted by Gasteiger charge is 2.10. The van der Waals surface area contributed by atoms with Crippen molar-refractivity contribution in [3.8, 4) is 5.75 Å². The minimum atomic E-state index is -0.179. The number of amides is 1. The van der Waals surface area contributed by atoms with Gasteiger partial charge in [-0.1, -0.05) is 17.7 Å². The maximum atomic E-state index is 11.9. The lowest BCUT2D eigenvalue weighted by molar-refractivity contribution is -0.117. The van der Waals surface area contributed by atoms with E-state index in [1.165, 1.54) is 7.11 Å². The van der Waals surface area contributed by atoms with Crippen molar-refractivity contribution >= 4 is 23.2 Å². The monoisotopic (exact) mass is 298 g/mol. The molecule has 0 saturated heterocycles. The molecule has 0 spiro atoms. The lowest BCUT2D eigenvalue weighted by Gasteiger charge is -2.18. The van der Waals surface area contributed by atoms with Crippen molar-refractivity contribution in [3.63, 3.8) is 0 Å². The zero-order valence-corrected chi connectivity index (χ0v) is 12.2. The molecule has 0 bridgehead atoms. The molecule has 6 heteroatoms. The van der Waals surface area contributed by atoms with Gasteiger partial charge >= 0.3 is 0 Å². The number of aliphatic hydroxyl groups is 1. The van der Waals surface area contributed by atoms with Crippen LogP contribution in [0.1, 0.15) is 0 Å². The van der Waals surface area contributed by atoms with Crippen LogP contribution in [0.2, 0.25) is 5.02 Å². The largest absolute Gasteiger partial charge is 0.495 e. The van der Waals surface area contributed by atoms with Gasteiger partial charge < -0.3 is 15.2 Å². The van der Waals surface area contributed by atoms with Gasteiger partial charge in [0.05, 0.1) is 25.3 Å². The minimum Gasteiger partial charge on any atom is -0.495 e. The van der Waals surface area contributed by atoms with Crippen molar-refractivity contribution in [2.24, 2.45) is 0 Å². The highest BCUT2D eigenvalue weighted by Crippen LogP contribution is 2.27. The Bertz CT molecular complexity index is 466. The molecule has 2 N–H and O–H groups in total. The average molecular weight is 299 g/mol. The first-order valence-electron chi connectivity index (χ1n) is 6.18. The summed E-state index contributed by atoms with van der Waals surface area (Å²) in [7, 11) is 1.53. The first-order chi connectivity index (χ1) is 9.60. The average Bonchev–Trinajstić information content (AvgIpc) is 2.39. The Morgan fingerprint density at radius 2 is 2.35 bits per heavy atom. The standard InChI is InChI=1S/C14H19ClN2O3/c1-3-6-17(7-8-18)10-14(19)16-11-4-5-13(20-2)12(15)9-11/h3-5,9,18H,1,6-8,10H2,2H3,(H,16,19). The van der Waals surface area contributed by atoms with Gasteiger partial charge in [-0.05, 0) is 18.2 Å². The highest BCUT2D eigenvalue weighted by molar-refractivity contribution is 6.32. The minimum absolute atomic E-state index is 0.00448. The second kappa shape index (κ2) is 8.58. The predicted molar refractivity (Wildman–Crippen MR) is 80.4 cm³/mol. The van der Waals surface area contributed by atoms with Crippen LogP contribution in [0, 0.1) is 0 Å². The van der Waals surface area contributed by atoms with Gasteiger partial charge in [0, 0.05) is 18.8 Å². The summed E-state index contributed by atoms with van der Waals surface area (Å²) >= 11 is 5.99. The van der Waals surface area contributed by atoms with Crippen LogP contribution >= 0.6 is 11.6 Å². The summed E-state index contributed by atoms with van der Waals surface area (Å²) in [5, 5.41) is 12.1. The topological polar surface area (TPSA) is 61.8 Å². The molecule has 1 aromatic carbocycles. The van der Waals surface area contributed by atoms with E-state index in [9.17, 15) is 4.79 Å². The number of anilines is 1. The lowest BCUT2D eigenvalue weighted by Crippen LogP contribution is -2.35. The second-order valence-electron chi connectivity index (χ2n) is 4.14. The third kappa shape index (κ3) is 5.21. The zero-order valence-electron chi connectivity index (χ0n) is 11.4. The molecule has 0 heterocycles. The molecule has 1 rings (SSSR count). The van der Waals surface area contributed by atoms with E-state index in [-0.39, 0.29) is 19.1 Å². The number of benzene rings is 1. The van der Waals surface area contributed by atoms with Gasteiger partial charge in [-0.15, -0.1) is 6.58 Å². The van der Waals surface area contributed by atoms with E-state index >= 15 is 0 Å². The highest BCUT2D eigenvalue weighted by atomic mass is 35.5. The third-order valence-corrected chi connectivity index (χ3v) is 2.90. The van der Waals surface area contributed by atoms with Crippen LogP contribution < -0.4 is 10.1 Å². The summed E-state index contributed by atoms with van der Waals surface area (Å²) < 4.78 is 5.04. The molecule has 0 aliphatic carbocycles. The van der Waals surface area contributed by atoms with Crippen LogP contribution in [-0.2, 0) is 4.79 Å². The summed E-state index contributed by atoms with van der Waals surface area (Å²) in [6.45, 7) is 4.75. The summed E-state index contributed by atoms with van der Waals surface area (Å²) in [6, 6.07) is 5.03. The van der Waals surface area contributed by atoms with Crippen molar-refractivity contribution in [2.75, 3.05) is 38.7 Å². The molecule has 1 amide bonds. The molecule has 0 unspecified atom stereocenters. The lowest BCUT2D eigenvalue weighted by atomic mass is 10.3. The normalized spacial score (nSPS) is 10.4. The fourth-order valence-electron chi connectivity index (χ4n) is 1.71. The van der Waals surface area contributed by atoms with Crippen LogP contribution in [0.3, 0.4) is 0 Å². The molecule has 1 aromatic rings. The number of ether oxygens (including phenoxy) is 1. The number of hydrogen-bond donors (Lipinski definition) is 2. The first-order valence-corrected chi connectivity index (χ1v) is 6.56. The van der Waals surface area contributed by atoms with Crippen LogP contribution in [0.4, 0.5) is 5.69 Å². The van der Waals surface area contributed by atoms with Crippen molar-refractivity contribution in [1.29, 1.82) is 0 Å². The molecule has 20 heavy (non-hydrogen) atoms. The van der Waals surface area contributed by atoms with Crippen LogP contribution in [-0.4, -0.2) is 49.3 Å². The van der Waals surface area contributed by atoms with Crippen LogP contribution in [0.15, 0.2) is 30.9 Å². The molecule has 0 radical (unpaired) electrons. The van der Waals surface area contributed by atoms with Crippen molar-refractivity contribution in [2.45, 2.75) is 0 Å². The number of carbonyl (C=O) groups excluding carboxylic acids is 1.